The van der Waals surface area contributed by atoms with Crippen LogP contribution in [0.2, 0.25) is 5.02 Å². The summed E-state index contributed by atoms with van der Waals surface area (Å²) in [5.41, 5.74) is 5.77. The average Bonchev–Trinajstić information content (AvgIpc) is 2.62. The third-order valence-corrected chi connectivity index (χ3v) is 4.31. The number of aryl methyl sites for hydroxylation is 2. The number of rotatable bonds is 6. The summed E-state index contributed by atoms with van der Waals surface area (Å²) in [4.78, 5) is 0. The van der Waals surface area contributed by atoms with E-state index in [0.717, 1.165) is 22.6 Å². The Bertz CT molecular complexity index is 826. The van der Waals surface area contributed by atoms with Gasteiger partial charge in [0, 0.05) is 22.8 Å². The minimum absolute atomic E-state index is 0.541. The molecule has 0 saturated heterocycles. The monoisotopic (exact) mass is 351 g/mol. The molecule has 3 rings (SSSR count). The van der Waals surface area contributed by atoms with Gasteiger partial charge in [-0.25, -0.2) is 0 Å². The van der Waals surface area contributed by atoms with Crippen molar-refractivity contribution < 1.29 is 4.74 Å². The van der Waals surface area contributed by atoms with Crippen molar-refractivity contribution in [2.45, 2.75) is 27.0 Å². The van der Waals surface area contributed by atoms with Crippen molar-refractivity contribution in [3.05, 3.63) is 94.0 Å². The lowest BCUT2D eigenvalue weighted by Gasteiger charge is -2.14. The van der Waals surface area contributed by atoms with Crippen LogP contribution in [0.25, 0.3) is 0 Å². The first-order valence-electron chi connectivity index (χ1n) is 8.37. The molecule has 128 valence electrons. The predicted molar refractivity (Wildman–Crippen MR) is 105 cm³/mol. The number of halogens is 1. The zero-order valence-corrected chi connectivity index (χ0v) is 15.3. The van der Waals surface area contributed by atoms with Gasteiger partial charge in [0.15, 0.2) is 0 Å². The van der Waals surface area contributed by atoms with Gasteiger partial charge >= 0.3 is 0 Å². The third kappa shape index (κ3) is 5.01. The van der Waals surface area contributed by atoms with Crippen molar-refractivity contribution in [3.63, 3.8) is 0 Å². The molecule has 0 aliphatic heterocycles. The SMILES string of the molecule is Cc1ccc(COc2ccc(Cl)cc2CNc2ccc(C)cc2)cc1. The Balaban J connectivity index is 1.69. The summed E-state index contributed by atoms with van der Waals surface area (Å²) in [5.74, 6) is 0.851. The molecule has 0 aliphatic carbocycles. The number of anilines is 1. The van der Waals surface area contributed by atoms with Crippen molar-refractivity contribution in [1.82, 2.24) is 0 Å². The summed E-state index contributed by atoms with van der Waals surface area (Å²) < 4.78 is 6.03. The highest BCUT2D eigenvalue weighted by atomic mass is 35.5. The maximum atomic E-state index is 6.17. The summed E-state index contributed by atoms with van der Waals surface area (Å²) in [5, 5.41) is 4.13. The zero-order valence-electron chi connectivity index (χ0n) is 14.6. The molecule has 0 radical (unpaired) electrons. The summed E-state index contributed by atoms with van der Waals surface area (Å²) in [6, 6.07) is 22.5. The number of nitrogens with one attached hydrogen (secondary N) is 1. The van der Waals surface area contributed by atoms with Crippen LogP contribution < -0.4 is 10.1 Å². The highest BCUT2D eigenvalue weighted by Gasteiger charge is 2.06. The van der Waals surface area contributed by atoms with Crippen LogP contribution in [-0.4, -0.2) is 0 Å². The first-order chi connectivity index (χ1) is 12.1. The Morgan fingerprint density at radius 1 is 0.840 bits per heavy atom. The van der Waals surface area contributed by atoms with Crippen LogP contribution in [0.1, 0.15) is 22.3 Å². The maximum absolute atomic E-state index is 6.17. The molecular weight excluding hydrogens is 330 g/mol. The molecule has 1 N–H and O–H groups in total. The first kappa shape index (κ1) is 17.4. The normalized spacial score (nSPS) is 10.5. The molecule has 25 heavy (non-hydrogen) atoms. The Morgan fingerprint density at radius 2 is 1.48 bits per heavy atom. The molecule has 0 fully saturated rings. The van der Waals surface area contributed by atoms with E-state index in [1.54, 1.807) is 0 Å². The van der Waals surface area contributed by atoms with Crippen molar-refractivity contribution in [2.24, 2.45) is 0 Å². The van der Waals surface area contributed by atoms with E-state index < -0.39 is 0 Å². The molecule has 3 aromatic rings. The second-order valence-electron chi connectivity index (χ2n) is 6.25. The fourth-order valence-corrected chi connectivity index (χ4v) is 2.74. The topological polar surface area (TPSA) is 21.3 Å². The van der Waals surface area contributed by atoms with E-state index in [1.807, 2.05) is 18.2 Å². The van der Waals surface area contributed by atoms with E-state index in [0.29, 0.717) is 18.2 Å². The molecule has 0 aliphatic rings. The molecule has 0 amide bonds. The van der Waals surface area contributed by atoms with Crippen LogP contribution in [0.5, 0.6) is 5.75 Å². The second kappa shape index (κ2) is 8.09. The van der Waals surface area contributed by atoms with E-state index in [2.05, 4.69) is 67.7 Å². The van der Waals surface area contributed by atoms with E-state index >= 15 is 0 Å². The molecule has 3 aromatic carbocycles. The van der Waals surface area contributed by atoms with Gasteiger partial charge in [0.2, 0.25) is 0 Å². The Labute approximate surface area is 154 Å². The van der Waals surface area contributed by atoms with Gasteiger partial charge in [-0.05, 0) is 49.7 Å². The molecule has 0 heterocycles. The van der Waals surface area contributed by atoms with Crippen molar-refractivity contribution >= 4 is 17.3 Å². The van der Waals surface area contributed by atoms with E-state index in [-0.39, 0.29) is 0 Å². The van der Waals surface area contributed by atoms with E-state index in [9.17, 15) is 0 Å². The summed E-state index contributed by atoms with van der Waals surface area (Å²) in [6.07, 6.45) is 0. The summed E-state index contributed by atoms with van der Waals surface area (Å²) in [7, 11) is 0. The Hall–Kier alpha value is -2.45. The molecule has 0 aromatic heterocycles. The molecular formula is C22H22ClNO. The van der Waals surface area contributed by atoms with Crippen LogP contribution in [0.15, 0.2) is 66.7 Å². The lowest BCUT2D eigenvalue weighted by atomic mass is 10.1. The molecule has 0 atom stereocenters. The Morgan fingerprint density at radius 3 is 2.16 bits per heavy atom. The smallest absolute Gasteiger partial charge is 0.124 e. The average molecular weight is 352 g/mol. The molecule has 0 unspecified atom stereocenters. The number of hydrogen-bond acceptors (Lipinski definition) is 2. The van der Waals surface area contributed by atoms with Gasteiger partial charge in [-0.1, -0.05) is 59.1 Å². The molecule has 0 bridgehead atoms. The van der Waals surface area contributed by atoms with Gasteiger partial charge < -0.3 is 10.1 Å². The largest absolute Gasteiger partial charge is 0.489 e. The minimum atomic E-state index is 0.541. The highest BCUT2D eigenvalue weighted by molar-refractivity contribution is 6.30. The van der Waals surface area contributed by atoms with Gasteiger partial charge in [0.25, 0.3) is 0 Å². The fraction of sp³-hybridized carbons (Fsp3) is 0.182. The van der Waals surface area contributed by atoms with Crippen LogP contribution in [-0.2, 0) is 13.2 Å². The quantitative estimate of drug-likeness (QED) is 0.575. The lowest BCUT2D eigenvalue weighted by Crippen LogP contribution is -2.04. The molecule has 3 heteroatoms. The van der Waals surface area contributed by atoms with E-state index in [4.69, 9.17) is 16.3 Å². The maximum Gasteiger partial charge on any atom is 0.124 e. The van der Waals surface area contributed by atoms with Gasteiger partial charge in [-0.15, -0.1) is 0 Å². The number of benzene rings is 3. The lowest BCUT2D eigenvalue weighted by molar-refractivity contribution is 0.303. The van der Waals surface area contributed by atoms with Crippen molar-refractivity contribution in [2.75, 3.05) is 5.32 Å². The Kier molecular flexibility index (Phi) is 5.62. The van der Waals surface area contributed by atoms with Crippen molar-refractivity contribution in [3.8, 4) is 5.75 Å². The van der Waals surface area contributed by atoms with Gasteiger partial charge in [0.1, 0.15) is 12.4 Å². The van der Waals surface area contributed by atoms with Crippen LogP contribution in [0, 0.1) is 13.8 Å². The number of hydrogen-bond donors (Lipinski definition) is 1. The van der Waals surface area contributed by atoms with Gasteiger partial charge in [0.05, 0.1) is 0 Å². The van der Waals surface area contributed by atoms with Crippen LogP contribution in [0.3, 0.4) is 0 Å². The summed E-state index contributed by atoms with van der Waals surface area (Å²) in [6.45, 7) is 5.36. The number of ether oxygens (including phenoxy) is 1. The van der Waals surface area contributed by atoms with Crippen LogP contribution in [0.4, 0.5) is 5.69 Å². The molecule has 0 saturated carbocycles. The molecule has 0 spiro atoms. The summed E-state index contributed by atoms with van der Waals surface area (Å²) >= 11 is 6.17. The highest BCUT2D eigenvalue weighted by Crippen LogP contribution is 2.25. The first-order valence-corrected chi connectivity index (χ1v) is 8.75. The van der Waals surface area contributed by atoms with Gasteiger partial charge in [-0.3, -0.25) is 0 Å². The minimum Gasteiger partial charge on any atom is -0.489 e. The van der Waals surface area contributed by atoms with Crippen molar-refractivity contribution in [1.29, 1.82) is 0 Å². The second-order valence-corrected chi connectivity index (χ2v) is 6.68. The van der Waals surface area contributed by atoms with Crippen LogP contribution >= 0.6 is 11.6 Å². The fourth-order valence-electron chi connectivity index (χ4n) is 2.54. The predicted octanol–water partition coefficient (Wildman–Crippen LogP) is 6.15. The standard InChI is InChI=1S/C22H22ClNO/c1-16-3-7-18(8-4-16)15-25-22-12-9-20(23)13-19(22)14-24-21-10-5-17(2)6-11-21/h3-13,24H,14-15H2,1-2H3. The zero-order chi connectivity index (χ0) is 17.6. The van der Waals surface area contributed by atoms with Gasteiger partial charge in [-0.2, -0.15) is 0 Å². The van der Waals surface area contributed by atoms with E-state index in [1.165, 1.54) is 11.1 Å². The third-order valence-electron chi connectivity index (χ3n) is 4.07. The molecule has 2 nitrogen and oxygen atoms in total.